The molecule has 2 aromatic heterocycles. The number of anilines is 1. The van der Waals surface area contributed by atoms with Crippen molar-refractivity contribution >= 4 is 33.5 Å². The van der Waals surface area contributed by atoms with E-state index in [1.54, 1.807) is 29.4 Å². The van der Waals surface area contributed by atoms with E-state index in [0.29, 0.717) is 5.82 Å². The lowest BCUT2D eigenvalue weighted by Gasteiger charge is -2.11. The predicted molar refractivity (Wildman–Crippen MR) is 92.5 cm³/mol. The van der Waals surface area contributed by atoms with Crippen LogP contribution in [0.15, 0.2) is 47.5 Å². The zero-order valence-corrected chi connectivity index (χ0v) is 14.9. The Hall–Kier alpha value is -3.14. The second-order valence-electron chi connectivity index (χ2n) is 5.00. The number of ether oxygens (including phenoxy) is 1. The van der Waals surface area contributed by atoms with Gasteiger partial charge in [-0.2, -0.15) is 0 Å². The molecule has 0 saturated carbocycles. The molecule has 0 aliphatic heterocycles. The molecule has 2 heterocycles. The fraction of sp³-hybridized carbons (Fsp3) is 0.0625. The Morgan fingerprint density at radius 3 is 2.69 bits per heavy atom. The second kappa shape index (κ2) is 7.40. The summed E-state index contributed by atoms with van der Waals surface area (Å²) in [6.45, 7) is 0. The maximum atomic E-state index is 13.7. The van der Waals surface area contributed by atoms with Crippen molar-refractivity contribution in [1.29, 1.82) is 0 Å². The van der Waals surface area contributed by atoms with Gasteiger partial charge in [-0.25, -0.2) is 14.2 Å². The lowest BCUT2D eigenvalue weighted by Crippen LogP contribution is -2.18. The van der Waals surface area contributed by atoms with Gasteiger partial charge in [0.15, 0.2) is 11.5 Å². The van der Waals surface area contributed by atoms with Crippen molar-refractivity contribution < 1.29 is 18.7 Å². The minimum atomic E-state index is -0.784. The molecule has 1 aromatic carbocycles. The summed E-state index contributed by atoms with van der Waals surface area (Å²) in [6, 6.07) is 5.30. The predicted octanol–water partition coefficient (Wildman–Crippen LogP) is 2.60. The van der Waals surface area contributed by atoms with Gasteiger partial charge in [0.05, 0.1) is 22.8 Å². The zero-order valence-electron chi connectivity index (χ0n) is 13.3. The van der Waals surface area contributed by atoms with Crippen molar-refractivity contribution in [1.82, 2.24) is 19.7 Å². The van der Waals surface area contributed by atoms with Crippen molar-refractivity contribution in [3.8, 4) is 5.82 Å². The van der Waals surface area contributed by atoms with E-state index in [-0.39, 0.29) is 21.4 Å². The number of hydrogen-bond donors (Lipinski definition) is 1. The first kappa shape index (κ1) is 17.7. The van der Waals surface area contributed by atoms with E-state index in [1.807, 2.05) is 0 Å². The van der Waals surface area contributed by atoms with E-state index in [9.17, 15) is 14.0 Å². The molecule has 3 rings (SSSR count). The SMILES string of the molecule is COC(=O)c1cc(F)c(Br)cc1NC(=O)c1ccc(-n2ccnc2)nn1. The van der Waals surface area contributed by atoms with Gasteiger partial charge in [-0.1, -0.05) is 0 Å². The summed E-state index contributed by atoms with van der Waals surface area (Å²) < 4.78 is 20.0. The summed E-state index contributed by atoms with van der Waals surface area (Å²) in [4.78, 5) is 28.1. The molecule has 0 atom stereocenters. The highest BCUT2D eigenvalue weighted by Crippen LogP contribution is 2.26. The van der Waals surface area contributed by atoms with Gasteiger partial charge in [0.25, 0.3) is 5.91 Å². The maximum absolute atomic E-state index is 13.7. The number of carbonyl (C=O) groups is 2. The molecule has 1 N–H and O–H groups in total. The highest BCUT2D eigenvalue weighted by atomic mass is 79.9. The van der Waals surface area contributed by atoms with Gasteiger partial charge >= 0.3 is 5.97 Å². The first-order valence-electron chi connectivity index (χ1n) is 7.20. The van der Waals surface area contributed by atoms with Gasteiger partial charge in [0.1, 0.15) is 12.1 Å². The molecule has 0 spiro atoms. The van der Waals surface area contributed by atoms with E-state index in [0.717, 1.165) is 13.2 Å². The smallest absolute Gasteiger partial charge is 0.340 e. The molecule has 3 aromatic rings. The van der Waals surface area contributed by atoms with Crippen LogP contribution >= 0.6 is 15.9 Å². The third-order valence-corrected chi connectivity index (χ3v) is 3.97. The van der Waals surface area contributed by atoms with Crippen molar-refractivity contribution in [2.24, 2.45) is 0 Å². The number of benzene rings is 1. The van der Waals surface area contributed by atoms with Crippen LogP contribution in [0.3, 0.4) is 0 Å². The Kier molecular flexibility index (Phi) is 5.03. The summed E-state index contributed by atoms with van der Waals surface area (Å²) in [7, 11) is 1.16. The maximum Gasteiger partial charge on any atom is 0.340 e. The van der Waals surface area contributed by atoms with Crippen molar-refractivity contribution in [3.63, 3.8) is 0 Å². The summed E-state index contributed by atoms with van der Waals surface area (Å²) in [6.07, 6.45) is 4.81. The number of nitrogens with zero attached hydrogens (tertiary/aromatic N) is 4. The van der Waals surface area contributed by atoms with Gasteiger partial charge in [0, 0.05) is 12.4 Å². The van der Waals surface area contributed by atoms with Crippen LogP contribution in [0.25, 0.3) is 5.82 Å². The lowest BCUT2D eigenvalue weighted by molar-refractivity contribution is 0.0601. The number of carbonyl (C=O) groups excluding carboxylic acids is 2. The highest BCUT2D eigenvalue weighted by molar-refractivity contribution is 9.10. The Morgan fingerprint density at radius 1 is 1.27 bits per heavy atom. The fourth-order valence-electron chi connectivity index (χ4n) is 2.09. The number of halogens is 2. The number of esters is 1. The largest absolute Gasteiger partial charge is 0.465 e. The first-order valence-corrected chi connectivity index (χ1v) is 7.99. The van der Waals surface area contributed by atoms with Gasteiger partial charge in [0.2, 0.25) is 0 Å². The molecule has 0 saturated heterocycles. The van der Waals surface area contributed by atoms with Crippen LogP contribution in [0.5, 0.6) is 0 Å². The molecular weight excluding hydrogens is 409 g/mol. The second-order valence-corrected chi connectivity index (χ2v) is 5.86. The third-order valence-electron chi connectivity index (χ3n) is 3.37. The van der Waals surface area contributed by atoms with Crippen molar-refractivity contribution in [3.05, 3.63) is 64.5 Å². The molecule has 0 fully saturated rings. The summed E-state index contributed by atoms with van der Waals surface area (Å²) in [5.41, 5.74) is -0.0229. The topological polar surface area (TPSA) is 99.0 Å². The first-order chi connectivity index (χ1) is 12.5. The van der Waals surface area contributed by atoms with Gasteiger partial charge < -0.3 is 10.1 Å². The van der Waals surface area contributed by atoms with E-state index in [2.05, 4.69) is 41.2 Å². The normalized spacial score (nSPS) is 10.4. The van der Waals surface area contributed by atoms with Crippen LogP contribution in [0, 0.1) is 5.82 Å². The number of rotatable bonds is 4. The summed E-state index contributed by atoms with van der Waals surface area (Å²) in [5, 5.41) is 10.3. The summed E-state index contributed by atoms with van der Waals surface area (Å²) >= 11 is 3.01. The van der Waals surface area contributed by atoms with Crippen LogP contribution in [-0.4, -0.2) is 38.7 Å². The molecule has 0 bridgehead atoms. The Labute approximate surface area is 155 Å². The molecule has 0 radical (unpaired) electrons. The lowest BCUT2D eigenvalue weighted by atomic mass is 10.1. The molecule has 8 nitrogen and oxygen atoms in total. The molecule has 1 amide bonds. The van der Waals surface area contributed by atoms with Crippen LogP contribution in [0.4, 0.5) is 10.1 Å². The minimum Gasteiger partial charge on any atom is -0.465 e. The number of methoxy groups -OCH3 is 1. The Bertz CT molecular complexity index is 961. The molecular formula is C16H11BrFN5O3. The van der Waals surface area contributed by atoms with Crippen LogP contribution in [-0.2, 0) is 4.74 Å². The zero-order chi connectivity index (χ0) is 18.7. The molecule has 0 aliphatic carbocycles. The monoisotopic (exact) mass is 419 g/mol. The molecule has 10 heteroatoms. The van der Waals surface area contributed by atoms with E-state index >= 15 is 0 Å². The average Bonchev–Trinajstić information content (AvgIpc) is 3.18. The standard InChI is InChI=1S/C16H11BrFN5O3/c1-26-16(25)9-6-11(18)10(17)7-13(9)20-15(24)12-2-3-14(22-21-12)23-5-4-19-8-23/h2-8H,1H3,(H,20,24). The van der Waals surface area contributed by atoms with Crippen LogP contribution in [0.1, 0.15) is 20.8 Å². The van der Waals surface area contributed by atoms with E-state index < -0.39 is 17.7 Å². The number of hydrogen-bond acceptors (Lipinski definition) is 6. The Morgan fingerprint density at radius 2 is 2.08 bits per heavy atom. The number of aromatic nitrogens is 4. The van der Waals surface area contributed by atoms with Crippen molar-refractivity contribution in [2.45, 2.75) is 0 Å². The van der Waals surface area contributed by atoms with Gasteiger partial charge in [-0.15, -0.1) is 10.2 Å². The van der Waals surface area contributed by atoms with Gasteiger partial charge in [-0.05, 0) is 40.2 Å². The van der Waals surface area contributed by atoms with Crippen LogP contribution in [0.2, 0.25) is 0 Å². The number of imidazole rings is 1. The van der Waals surface area contributed by atoms with Crippen LogP contribution < -0.4 is 5.32 Å². The van der Waals surface area contributed by atoms with Crippen molar-refractivity contribution in [2.75, 3.05) is 12.4 Å². The number of amides is 1. The average molecular weight is 420 g/mol. The number of nitrogens with one attached hydrogen (secondary N) is 1. The quantitative estimate of drug-likeness (QED) is 0.652. The fourth-order valence-corrected chi connectivity index (χ4v) is 2.44. The van der Waals surface area contributed by atoms with E-state index in [1.165, 1.54) is 12.1 Å². The molecule has 0 unspecified atom stereocenters. The molecule has 0 aliphatic rings. The Balaban J connectivity index is 1.86. The third kappa shape index (κ3) is 3.59. The molecule has 132 valence electrons. The minimum absolute atomic E-state index is 0.0186. The van der Waals surface area contributed by atoms with E-state index in [4.69, 9.17) is 0 Å². The molecule has 26 heavy (non-hydrogen) atoms. The summed E-state index contributed by atoms with van der Waals surface area (Å²) in [5.74, 6) is -1.57. The highest BCUT2D eigenvalue weighted by Gasteiger charge is 2.19. The van der Waals surface area contributed by atoms with Gasteiger partial charge in [-0.3, -0.25) is 9.36 Å².